The number of carboxylic acids is 1. The molecule has 3 unspecified atom stereocenters. The quantitative estimate of drug-likeness (QED) is 0.0199. The first-order valence-corrected chi connectivity index (χ1v) is 27.5. The van der Waals surface area contributed by atoms with Gasteiger partial charge in [0.15, 0.2) is 6.04 Å². The topological polar surface area (TPSA) is 169 Å². The number of phosphoric acid groups is 1. The highest BCUT2D eigenvalue weighted by Crippen LogP contribution is 2.43. The van der Waals surface area contributed by atoms with E-state index in [1.807, 2.05) is 0 Å². The van der Waals surface area contributed by atoms with Gasteiger partial charge in [0.05, 0.1) is 13.2 Å². The van der Waals surface area contributed by atoms with Gasteiger partial charge < -0.3 is 25.2 Å². The third-order valence-corrected chi connectivity index (χ3v) is 12.4. The molecule has 0 bridgehead atoms. The Kier molecular flexibility index (Phi) is 45.5. The van der Waals surface area contributed by atoms with E-state index in [-0.39, 0.29) is 12.8 Å². The van der Waals surface area contributed by atoms with Gasteiger partial charge in [0.25, 0.3) is 0 Å². The summed E-state index contributed by atoms with van der Waals surface area (Å²) in [6, 6.07) is -1.55. The van der Waals surface area contributed by atoms with Crippen LogP contribution in [0.2, 0.25) is 0 Å². The number of carboxylic acid groups (broad SMARTS) is 1. The van der Waals surface area contributed by atoms with Crippen LogP contribution in [-0.4, -0.2) is 64.9 Å². The first-order chi connectivity index (χ1) is 31.1. The largest absolute Gasteiger partial charge is 0.480 e. The molecule has 0 aliphatic heterocycles. The molecule has 0 saturated heterocycles. The van der Waals surface area contributed by atoms with Crippen LogP contribution >= 0.6 is 7.82 Å². The summed E-state index contributed by atoms with van der Waals surface area (Å²) in [7, 11) is -4.76. The molecule has 0 aromatic heterocycles. The molecule has 64 heavy (non-hydrogen) atoms. The lowest BCUT2D eigenvalue weighted by atomic mass is 10.0. The SMILES string of the molecule is CCCCC/C=C\C/C=C\CCCCCCCCCC(=O)OCC(O)COP(=O)(O)OCC(NC(=O)CCCCCCCCCCCCCCC/C=C/CCCCCCCC)C(=O)O. The van der Waals surface area contributed by atoms with Gasteiger partial charge in [0, 0.05) is 12.8 Å². The Morgan fingerprint density at radius 2 is 0.859 bits per heavy atom. The number of aliphatic hydroxyl groups excluding tert-OH is 1. The minimum atomic E-state index is -4.76. The van der Waals surface area contributed by atoms with Crippen molar-refractivity contribution in [3.8, 4) is 0 Å². The molecule has 0 radical (unpaired) electrons. The Hall–Kier alpha value is -2.30. The molecule has 1 amide bonds. The summed E-state index contributed by atoms with van der Waals surface area (Å²) < 4.78 is 26.9. The summed E-state index contributed by atoms with van der Waals surface area (Å²) in [5.74, 6) is -2.37. The standard InChI is InChI=1S/C52H96NO10P/c1-3-5-7-9-11-13-15-17-19-21-22-23-24-25-26-28-29-31-33-35-37-39-41-43-50(55)53-49(52(57)58)47-63-64(59,60)62-46-48(54)45-61-51(56)44-42-40-38-36-34-32-30-27-20-18-16-14-12-10-8-6-4-2/h12,14,17-20,48-49,54H,3-11,13,15-16,21-47H2,1-2H3,(H,53,55)(H,57,58)(H,59,60)/b14-12-,19-17+,20-18-. The fourth-order valence-corrected chi connectivity index (χ4v) is 8.11. The number of hydrogen-bond donors (Lipinski definition) is 4. The Morgan fingerprint density at radius 3 is 1.31 bits per heavy atom. The Labute approximate surface area is 391 Å². The van der Waals surface area contributed by atoms with Crippen LogP contribution in [0.25, 0.3) is 0 Å². The van der Waals surface area contributed by atoms with E-state index in [4.69, 9.17) is 13.8 Å². The second kappa shape index (κ2) is 47.2. The highest BCUT2D eigenvalue weighted by atomic mass is 31.2. The van der Waals surface area contributed by atoms with Crippen LogP contribution < -0.4 is 5.32 Å². The van der Waals surface area contributed by atoms with Gasteiger partial charge in [-0.25, -0.2) is 9.36 Å². The predicted molar refractivity (Wildman–Crippen MR) is 263 cm³/mol. The normalized spacial score (nSPS) is 13.8. The van der Waals surface area contributed by atoms with Crippen LogP contribution in [0.3, 0.4) is 0 Å². The molecule has 0 rings (SSSR count). The number of phosphoric ester groups is 1. The number of unbranched alkanes of at least 4 members (excludes halogenated alkanes) is 29. The van der Waals surface area contributed by atoms with Crippen molar-refractivity contribution in [3.05, 3.63) is 36.5 Å². The fraction of sp³-hybridized carbons (Fsp3) is 0.827. The van der Waals surface area contributed by atoms with Gasteiger partial charge in [-0.1, -0.05) is 198 Å². The van der Waals surface area contributed by atoms with Gasteiger partial charge in [-0.2, -0.15) is 0 Å². The molecular weight excluding hydrogens is 830 g/mol. The van der Waals surface area contributed by atoms with E-state index in [2.05, 4.69) is 55.6 Å². The molecule has 0 spiro atoms. The van der Waals surface area contributed by atoms with Gasteiger partial charge in [0.1, 0.15) is 12.7 Å². The van der Waals surface area contributed by atoms with E-state index in [9.17, 15) is 34.1 Å². The fourth-order valence-electron chi connectivity index (χ4n) is 7.34. The van der Waals surface area contributed by atoms with Crippen LogP contribution in [0.4, 0.5) is 0 Å². The number of aliphatic carboxylic acids is 1. The molecule has 0 aliphatic carbocycles. The summed E-state index contributed by atoms with van der Waals surface area (Å²) in [5, 5.41) is 21.9. The van der Waals surface area contributed by atoms with Crippen molar-refractivity contribution in [2.45, 2.75) is 257 Å². The maximum Gasteiger partial charge on any atom is 0.472 e. The predicted octanol–water partition coefficient (Wildman–Crippen LogP) is 14.3. The average Bonchev–Trinajstić information content (AvgIpc) is 3.27. The number of allylic oxidation sites excluding steroid dienone is 6. The van der Waals surface area contributed by atoms with E-state index < -0.39 is 57.6 Å². The second-order valence-corrected chi connectivity index (χ2v) is 19.2. The van der Waals surface area contributed by atoms with Gasteiger partial charge >= 0.3 is 19.8 Å². The second-order valence-electron chi connectivity index (χ2n) is 17.7. The molecule has 4 N–H and O–H groups in total. The summed E-state index contributed by atoms with van der Waals surface area (Å²) >= 11 is 0. The van der Waals surface area contributed by atoms with Crippen LogP contribution in [0, 0.1) is 0 Å². The summed E-state index contributed by atoms with van der Waals surface area (Å²) in [6.07, 6.45) is 53.1. The molecule has 0 aromatic rings. The van der Waals surface area contributed by atoms with Crippen LogP contribution in [0.15, 0.2) is 36.5 Å². The molecule has 0 aliphatic rings. The molecule has 0 fully saturated rings. The number of esters is 1. The zero-order valence-corrected chi connectivity index (χ0v) is 41.7. The zero-order valence-electron chi connectivity index (χ0n) is 40.8. The molecule has 0 aromatic carbocycles. The zero-order chi connectivity index (χ0) is 47.0. The van der Waals surface area contributed by atoms with Crippen molar-refractivity contribution in [3.63, 3.8) is 0 Å². The van der Waals surface area contributed by atoms with Crippen LogP contribution in [0.1, 0.15) is 245 Å². The third-order valence-electron chi connectivity index (χ3n) is 11.4. The van der Waals surface area contributed by atoms with Crippen molar-refractivity contribution >= 4 is 25.7 Å². The Balaban J connectivity index is 3.81. The molecule has 374 valence electrons. The first kappa shape index (κ1) is 61.7. The Bertz CT molecular complexity index is 1220. The molecule has 0 saturated carbocycles. The molecule has 11 nitrogen and oxygen atoms in total. The molecule has 0 heterocycles. The summed E-state index contributed by atoms with van der Waals surface area (Å²) in [6.45, 7) is 2.59. The molecular formula is C52H96NO10P. The van der Waals surface area contributed by atoms with Crippen molar-refractivity contribution in [2.75, 3.05) is 19.8 Å². The number of ether oxygens (including phenoxy) is 1. The van der Waals surface area contributed by atoms with Crippen molar-refractivity contribution in [1.82, 2.24) is 5.32 Å². The maximum absolute atomic E-state index is 12.4. The number of carbonyl (C=O) groups excluding carboxylic acids is 2. The summed E-state index contributed by atoms with van der Waals surface area (Å²) in [5.41, 5.74) is 0. The Morgan fingerprint density at radius 1 is 0.500 bits per heavy atom. The molecule has 12 heteroatoms. The highest BCUT2D eigenvalue weighted by Gasteiger charge is 2.28. The first-order valence-electron chi connectivity index (χ1n) is 26.0. The van der Waals surface area contributed by atoms with E-state index in [0.29, 0.717) is 12.8 Å². The van der Waals surface area contributed by atoms with Gasteiger partial charge in [-0.05, 0) is 70.6 Å². The lowest BCUT2D eigenvalue weighted by Crippen LogP contribution is -2.43. The maximum atomic E-state index is 12.4. The smallest absolute Gasteiger partial charge is 0.472 e. The van der Waals surface area contributed by atoms with E-state index in [0.717, 1.165) is 51.4 Å². The summed E-state index contributed by atoms with van der Waals surface area (Å²) in [4.78, 5) is 46.1. The highest BCUT2D eigenvalue weighted by molar-refractivity contribution is 7.47. The van der Waals surface area contributed by atoms with Gasteiger partial charge in [0.2, 0.25) is 5.91 Å². The van der Waals surface area contributed by atoms with E-state index in [1.165, 1.54) is 154 Å². The number of aliphatic hydroxyl groups is 1. The lowest BCUT2D eigenvalue weighted by Gasteiger charge is -2.18. The van der Waals surface area contributed by atoms with Crippen molar-refractivity contribution in [1.29, 1.82) is 0 Å². The molecule has 3 atom stereocenters. The minimum absolute atomic E-state index is 0.147. The van der Waals surface area contributed by atoms with Crippen LogP contribution in [0.5, 0.6) is 0 Å². The number of amides is 1. The van der Waals surface area contributed by atoms with Crippen LogP contribution in [-0.2, 0) is 32.7 Å². The monoisotopic (exact) mass is 926 g/mol. The van der Waals surface area contributed by atoms with E-state index in [1.54, 1.807) is 0 Å². The van der Waals surface area contributed by atoms with Gasteiger partial charge in [-0.3, -0.25) is 18.6 Å². The lowest BCUT2D eigenvalue weighted by molar-refractivity contribution is -0.147. The average molecular weight is 926 g/mol. The number of hydrogen-bond acceptors (Lipinski definition) is 8. The number of rotatable bonds is 49. The van der Waals surface area contributed by atoms with Crippen molar-refractivity contribution in [2.24, 2.45) is 0 Å². The van der Waals surface area contributed by atoms with Gasteiger partial charge in [-0.15, -0.1) is 0 Å². The number of carbonyl (C=O) groups is 3. The minimum Gasteiger partial charge on any atom is -0.480 e. The van der Waals surface area contributed by atoms with E-state index >= 15 is 0 Å². The number of nitrogens with one attached hydrogen (secondary N) is 1. The third kappa shape index (κ3) is 46.2. The van der Waals surface area contributed by atoms with Crippen molar-refractivity contribution < 1.29 is 47.8 Å².